The van der Waals surface area contributed by atoms with E-state index in [-0.39, 0.29) is 12.0 Å². The van der Waals surface area contributed by atoms with Crippen LogP contribution in [0.1, 0.15) is 35.5 Å². The van der Waals surface area contributed by atoms with Crippen molar-refractivity contribution < 1.29 is 9.53 Å². The smallest absolute Gasteiger partial charge is 0.261 e. The molecule has 0 atom stereocenters. The van der Waals surface area contributed by atoms with Crippen molar-refractivity contribution in [3.63, 3.8) is 0 Å². The molecule has 1 aromatic heterocycles. The normalized spacial score (nSPS) is 10.9. The molecule has 4 heteroatoms. The third-order valence-electron chi connectivity index (χ3n) is 3.29. The molecule has 0 saturated heterocycles. The Hall–Kier alpha value is -1.65. The number of amides is 1. The molecule has 0 radical (unpaired) electrons. The van der Waals surface area contributed by atoms with Crippen molar-refractivity contribution in [2.75, 3.05) is 13.2 Å². The molecule has 1 amide bonds. The molecule has 22 heavy (non-hydrogen) atoms. The average Bonchev–Trinajstić information content (AvgIpc) is 2.96. The van der Waals surface area contributed by atoms with Gasteiger partial charge in [-0.1, -0.05) is 29.8 Å². The first-order chi connectivity index (χ1) is 10.6. The fraction of sp³-hybridized carbons (Fsp3) is 0.389. The summed E-state index contributed by atoms with van der Waals surface area (Å²) >= 11 is 1.48. The summed E-state index contributed by atoms with van der Waals surface area (Å²) in [6, 6.07) is 10.3. The van der Waals surface area contributed by atoms with Gasteiger partial charge in [-0.2, -0.15) is 0 Å². The van der Waals surface area contributed by atoms with Gasteiger partial charge >= 0.3 is 0 Å². The summed E-state index contributed by atoms with van der Waals surface area (Å²) in [6.07, 6.45) is 1.07. The number of rotatable bonds is 7. The van der Waals surface area contributed by atoms with E-state index in [9.17, 15) is 4.79 Å². The first kappa shape index (κ1) is 16.7. The van der Waals surface area contributed by atoms with E-state index < -0.39 is 0 Å². The van der Waals surface area contributed by atoms with Crippen LogP contribution in [0.2, 0.25) is 0 Å². The van der Waals surface area contributed by atoms with Crippen LogP contribution >= 0.6 is 11.3 Å². The third-order valence-corrected chi connectivity index (χ3v) is 4.21. The van der Waals surface area contributed by atoms with Crippen LogP contribution in [0.5, 0.6) is 0 Å². The second-order valence-corrected chi connectivity index (χ2v) is 6.47. The maximum absolute atomic E-state index is 12.3. The van der Waals surface area contributed by atoms with Crippen molar-refractivity contribution in [2.24, 2.45) is 0 Å². The number of aryl methyl sites for hydroxylation is 1. The average molecular weight is 317 g/mol. The topological polar surface area (TPSA) is 38.3 Å². The van der Waals surface area contributed by atoms with E-state index in [1.54, 1.807) is 0 Å². The Morgan fingerprint density at radius 1 is 1.23 bits per heavy atom. The molecule has 0 spiro atoms. The number of carbonyl (C=O) groups is 1. The van der Waals surface area contributed by atoms with Crippen LogP contribution in [0.4, 0.5) is 0 Å². The fourth-order valence-corrected chi connectivity index (χ4v) is 2.95. The predicted molar refractivity (Wildman–Crippen MR) is 92.5 cm³/mol. The van der Waals surface area contributed by atoms with E-state index in [2.05, 4.69) is 36.5 Å². The van der Waals surface area contributed by atoms with Crippen molar-refractivity contribution in [1.29, 1.82) is 0 Å². The van der Waals surface area contributed by atoms with Crippen LogP contribution < -0.4 is 5.32 Å². The molecule has 3 nitrogen and oxygen atoms in total. The van der Waals surface area contributed by atoms with Crippen molar-refractivity contribution in [2.45, 2.75) is 33.3 Å². The molecule has 0 saturated carbocycles. The lowest BCUT2D eigenvalue weighted by molar-refractivity contribution is 0.0757. The zero-order valence-electron chi connectivity index (χ0n) is 13.4. The van der Waals surface area contributed by atoms with Crippen molar-refractivity contribution >= 4 is 17.2 Å². The Morgan fingerprint density at radius 2 is 1.95 bits per heavy atom. The van der Waals surface area contributed by atoms with Gasteiger partial charge in [0.05, 0.1) is 11.0 Å². The van der Waals surface area contributed by atoms with Crippen LogP contribution in [0.25, 0.3) is 11.1 Å². The number of benzene rings is 1. The van der Waals surface area contributed by atoms with E-state index in [4.69, 9.17) is 4.74 Å². The Kier molecular flexibility index (Phi) is 6.16. The highest BCUT2D eigenvalue weighted by Crippen LogP contribution is 2.28. The summed E-state index contributed by atoms with van der Waals surface area (Å²) in [6.45, 7) is 7.39. The van der Waals surface area contributed by atoms with Gasteiger partial charge in [-0.15, -0.1) is 11.3 Å². The minimum absolute atomic E-state index is 0.00452. The Balaban J connectivity index is 1.94. The highest BCUT2D eigenvalue weighted by atomic mass is 32.1. The highest BCUT2D eigenvalue weighted by Gasteiger charge is 2.14. The minimum Gasteiger partial charge on any atom is -0.379 e. The van der Waals surface area contributed by atoms with Gasteiger partial charge in [0.2, 0.25) is 0 Å². The second kappa shape index (κ2) is 8.11. The SMILES string of the molecule is Cc1ccc(-c2ccsc2C(=O)NCCCOC(C)C)cc1. The Morgan fingerprint density at radius 3 is 2.64 bits per heavy atom. The van der Waals surface area contributed by atoms with Crippen molar-refractivity contribution in [3.8, 4) is 11.1 Å². The van der Waals surface area contributed by atoms with Gasteiger partial charge in [0.1, 0.15) is 0 Å². The molecule has 118 valence electrons. The van der Waals surface area contributed by atoms with Crippen molar-refractivity contribution in [3.05, 3.63) is 46.2 Å². The molecule has 0 aliphatic carbocycles. The molecular formula is C18H23NO2S. The monoisotopic (exact) mass is 317 g/mol. The fourth-order valence-electron chi connectivity index (χ4n) is 2.12. The summed E-state index contributed by atoms with van der Waals surface area (Å²) in [5.74, 6) is -0.00452. The number of thiophene rings is 1. The van der Waals surface area contributed by atoms with Gasteiger partial charge < -0.3 is 10.1 Å². The molecule has 0 bridgehead atoms. The zero-order valence-corrected chi connectivity index (χ0v) is 14.2. The number of hydrogen-bond donors (Lipinski definition) is 1. The third kappa shape index (κ3) is 4.68. The second-order valence-electron chi connectivity index (χ2n) is 5.56. The Labute approximate surface area is 136 Å². The number of hydrogen-bond acceptors (Lipinski definition) is 3. The predicted octanol–water partition coefficient (Wildman–Crippen LogP) is 4.27. The Bertz CT molecular complexity index is 602. The van der Waals surface area contributed by atoms with Gasteiger partial charge in [-0.05, 0) is 44.2 Å². The van der Waals surface area contributed by atoms with Gasteiger partial charge in [0.25, 0.3) is 5.91 Å². The maximum atomic E-state index is 12.3. The molecular weight excluding hydrogens is 294 g/mol. The lowest BCUT2D eigenvalue weighted by Gasteiger charge is -2.09. The molecule has 0 fully saturated rings. The molecule has 0 aliphatic rings. The van der Waals surface area contributed by atoms with Gasteiger partial charge in [-0.25, -0.2) is 0 Å². The highest BCUT2D eigenvalue weighted by molar-refractivity contribution is 7.12. The quantitative estimate of drug-likeness (QED) is 0.775. The van der Waals surface area contributed by atoms with E-state index in [1.807, 2.05) is 25.3 Å². The molecule has 2 aromatic rings. The van der Waals surface area contributed by atoms with E-state index in [0.717, 1.165) is 22.4 Å². The summed E-state index contributed by atoms with van der Waals surface area (Å²) < 4.78 is 5.47. The molecule has 1 heterocycles. The van der Waals surface area contributed by atoms with Crippen molar-refractivity contribution in [1.82, 2.24) is 5.32 Å². The van der Waals surface area contributed by atoms with Gasteiger partial charge in [0.15, 0.2) is 0 Å². The number of nitrogens with one attached hydrogen (secondary N) is 1. The van der Waals surface area contributed by atoms with E-state index in [1.165, 1.54) is 16.9 Å². The standard InChI is InChI=1S/C18H23NO2S/c1-13(2)21-11-4-10-19-18(20)17-16(9-12-22-17)15-7-5-14(3)6-8-15/h5-9,12-13H,4,10-11H2,1-3H3,(H,19,20). The number of ether oxygens (including phenoxy) is 1. The summed E-state index contributed by atoms with van der Waals surface area (Å²) in [5.41, 5.74) is 3.30. The molecule has 0 aliphatic heterocycles. The summed E-state index contributed by atoms with van der Waals surface area (Å²) in [4.78, 5) is 13.1. The largest absolute Gasteiger partial charge is 0.379 e. The maximum Gasteiger partial charge on any atom is 0.261 e. The van der Waals surface area contributed by atoms with Crippen LogP contribution in [-0.2, 0) is 4.74 Å². The lowest BCUT2D eigenvalue weighted by Crippen LogP contribution is -2.25. The number of carbonyl (C=O) groups excluding carboxylic acids is 1. The molecule has 0 unspecified atom stereocenters. The lowest BCUT2D eigenvalue weighted by atomic mass is 10.0. The summed E-state index contributed by atoms with van der Waals surface area (Å²) in [7, 11) is 0. The van der Waals surface area contributed by atoms with E-state index in [0.29, 0.717) is 13.2 Å². The van der Waals surface area contributed by atoms with Crippen LogP contribution in [0, 0.1) is 6.92 Å². The molecule has 1 aromatic carbocycles. The summed E-state index contributed by atoms with van der Waals surface area (Å²) in [5, 5.41) is 4.94. The van der Waals surface area contributed by atoms with Crippen LogP contribution in [0.15, 0.2) is 35.7 Å². The molecule has 2 rings (SSSR count). The minimum atomic E-state index is -0.00452. The first-order valence-electron chi connectivity index (χ1n) is 7.62. The van der Waals surface area contributed by atoms with E-state index >= 15 is 0 Å². The van der Waals surface area contributed by atoms with Crippen LogP contribution in [0.3, 0.4) is 0 Å². The van der Waals surface area contributed by atoms with Crippen LogP contribution in [-0.4, -0.2) is 25.2 Å². The van der Waals surface area contributed by atoms with Gasteiger partial charge in [0, 0.05) is 18.7 Å². The first-order valence-corrected chi connectivity index (χ1v) is 8.50. The van der Waals surface area contributed by atoms with Gasteiger partial charge in [-0.3, -0.25) is 4.79 Å². The molecule has 1 N–H and O–H groups in total. The zero-order chi connectivity index (χ0) is 15.9.